The molecule has 0 atom stereocenters. The van der Waals surface area contributed by atoms with Gasteiger partial charge in [-0.25, -0.2) is 9.97 Å². The van der Waals surface area contributed by atoms with E-state index in [4.69, 9.17) is 9.97 Å². The number of nitrogens with one attached hydrogen (secondary N) is 2. The zero-order chi connectivity index (χ0) is 33.5. The third-order valence-electron chi connectivity index (χ3n) is 7.89. The molecule has 0 saturated heterocycles. The molecule has 5 nitrogen and oxygen atoms in total. The first kappa shape index (κ1) is 31.1. The maximum Gasteiger partial charge on any atom is 0.129 e. The third-order valence-corrected chi connectivity index (χ3v) is 9.64. The Morgan fingerprint density at radius 3 is 1.46 bits per heavy atom. The van der Waals surface area contributed by atoms with Gasteiger partial charge in [-0.15, -0.1) is 11.1 Å². The van der Waals surface area contributed by atoms with Gasteiger partial charge in [0.15, 0.2) is 0 Å². The summed E-state index contributed by atoms with van der Waals surface area (Å²) in [6, 6.07) is 22.9. The second-order valence-electron chi connectivity index (χ2n) is 14.1. The number of aromatic nitrogens is 5. The van der Waals surface area contributed by atoms with Gasteiger partial charge in [-0.2, -0.15) is 0 Å². The fraction of sp³-hybridized carbons (Fsp3) is 0.146. The highest BCUT2D eigenvalue weighted by atomic mass is 28.3. The maximum atomic E-state index is 5.25. The van der Waals surface area contributed by atoms with Crippen molar-refractivity contribution < 1.29 is 0 Å². The topological polar surface area (TPSA) is 70.2 Å². The minimum atomic E-state index is -1.70. The SMILES string of the molecule is C[Si](C)(C)C#Cc1c2nc(c(-c3ccccc3)c3nc(c(C#C[Si](C)(C)C)c4ccc([nH]4)c(-c4cccnc4)c4ccc1[nH]4)C=C3)C=C2. The quantitative estimate of drug-likeness (QED) is 0.144. The predicted octanol–water partition coefficient (Wildman–Crippen LogP) is 9.84. The van der Waals surface area contributed by atoms with Gasteiger partial charge in [0.25, 0.3) is 0 Å². The second kappa shape index (κ2) is 12.3. The van der Waals surface area contributed by atoms with Crippen molar-refractivity contribution in [2.45, 2.75) is 39.3 Å². The lowest BCUT2D eigenvalue weighted by molar-refractivity contribution is 1.27. The van der Waals surface area contributed by atoms with Crippen LogP contribution in [-0.4, -0.2) is 41.1 Å². The van der Waals surface area contributed by atoms with Crippen LogP contribution < -0.4 is 0 Å². The number of benzene rings is 1. The maximum absolute atomic E-state index is 5.25. The van der Waals surface area contributed by atoms with E-state index in [0.717, 1.165) is 78.2 Å². The number of nitrogens with zero attached hydrogens (tertiary/aromatic N) is 3. The fourth-order valence-electron chi connectivity index (χ4n) is 5.69. The second-order valence-corrected chi connectivity index (χ2v) is 23.6. The number of pyridine rings is 1. The first-order valence-electron chi connectivity index (χ1n) is 16.2. The molecule has 1 aromatic carbocycles. The Labute approximate surface area is 284 Å². The highest BCUT2D eigenvalue weighted by molar-refractivity contribution is 6.84. The normalized spacial score (nSPS) is 12.3. The van der Waals surface area contributed by atoms with E-state index in [1.54, 1.807) is 6.20 Å². The van der Waals surface area contributed by atoms with E-state index in [9.17, 15) is 0 Å². The van der Waals surface area contributed by atoms with E-state index in [-0.39, 0.29) is 0 Å². The van der Waals surface area contributed by atoms with Crippen LogP contribution in [0.3, 0.4) is 0 Å². The smallest absolute Gasteiger partial charge is 0.129 e. The third kappa shape index (κ3) is 6.52. The number of fused-ring (bicyclic) bond motifs is 8. The Bertz CT molecular complexity index is 2280. The van der Waals surface area contributed by atoms with E-state index in [0.29, 0.717) is 0 Å². The van der Waals surface area contributed by atoms with Gasteiger partial charge in [0.05, 0.1) is 44.9 Å². The Morgan fingerprint density at radius 2 is 0.979 bits per heavy atom. The molecule has 0 unspecified atom stereocenters. The fourth-order valence-corrected chi connectivity index (χ4v) is 6.69. The highest BCUT2D eigenvalue weighted by Crippen LogP contribution is 2.34. The van der Waals surface area contributed by atoms with Crippen molar-refractivity contribution in [1.82, 2.24) is 24.9 Å². The van der Waals surface area contributed by atoms with Gasteiger partial charge in [0, 0.05) is 40.1 Å². The minimum absolute atomic E-state index is 0.829. The molecule has 5 aromatic rings. The van der Waals surface area contributed by atoms with Gasteiger partial charge in [0.2, 0.25) is 0 Å². The molecule has 0 aliphatic carbocycles. The molecule has 0 saturated carbocycles. The van der Waals surface area contributed by atoms with Crippen LogP contribution in [-0.2, 0) is 0 Å². The molecule has 4 aromatic heterocycles. The summed E-state index contributed by atoms with van der Waals surface area (Å²) in [5.74, 6) is 7.12. The summed E-state index contributed by atoms with van der Waals surface area (Å²) in [5.41, 5.74) is 20.1. The van der Waals surface area contributed by atoms with Gasteiger partial charge in [-0.05, 0) is 60.2 Å². The summed E-state index contributed by atoms with van der Waals surface area (Å²) < 4.78 is 0. The molecule has 7 heteroatoms. The molecule has 48 heavy (non-hydrogen) atoms. The molecule has 0 spiro atoms. The molecule has 0 radical (unpaired) electrons. The van der Waals surface area contributed by atoms with Crippen molar-refractivity contribution in [3.05, 3.63) is 113 Å². The molecular weight excluding hydrogens is 619 g/mol. The summed E-state index contributed by atoms with van der Waals surface area (Å²) >= 11 is 0. The number of hydrogen-bond donors (Lipinski definition) is 2. The van der Waals surface area contributed by atoms with Crippen LogP contribution in [0, 0.1) is 22.9 Å². The van der Waals surface area contributed by atoms with E-state index < -0.39 is 16.1 Å². The molecular formula is C41H37N5Si2. The molecule has 2 N–H and O–H groups in total. The van der Waals surface area contributed by atoms with Crippen molar-refractivity contribution in [1.29, 1.82) is 0 Å². The Balaban J connectivity index is 1.68. The van der Waals surface area contributed by atoms with Crippen LogP contribution in [0.15, 0.2) is 79.1 Å². The standard InChI is InChI=1S/C41H37N5Si2/c1-47(2,3)25-22-30-32-14-18-36(43-32)40(28-11-8-7-9-12-28)37-19-15-33(44-37)31(23-26-48(4,5)6)35-17-21-39(46-35)41(29-13-10-24-42-27-29)38-20-16-34(30)45-38/h7-21,24,27,45-46H,1-6H3. The monoisotopic (exact) mass is 655 g/mol. The summed E-state index contributed by atoms with van der Waals surface area (Å²) in [4.78, 5) is 22.4. The van der Waals surface area contributed by atoms with Crippen molar-refractivity contribution in [2.75, 3.05) is 0 Å². The zero-order valence-electron chi connectivity index (χ0n) is 28.2. The Hall–Kier alpha value is -5.48. The highest BCUT2D eigenvalue weighted by Gasteiger charge is 2.18. The molecule has 6 heterocycles. The average molecular weight is 656 g/mol. The van der Waals surface area contributed by atoms with Crippen LogP contribution in [0.1, 0.15) is 33.9 Å². The summed E-state index contributed by atoms with van der Waals surface area (Å²) in [7, 11) is -3.40. The molecule has 7 rings (SSSR count). The van der Waals surface area contributed by atoms with E-state index in [2.05, 4.69) is 156 Å². The lowest BCUT2D eigenvalue weighted by Crippen LogP contribution is -2.16. The van der Waals surface area contributed by atoms with Crippen molar-refractivity contribution in [2.24, 2.45) is 0 Å². The lowest BCUT2D eigenvalue weighted by atomic mass is 10.0. The van der Waals surface area contributed by atoms with Crippen LogP contribution >= 0.6 is 0 Å². The number of H-pyrrole nitrogens is 2. The van der Waals surface area contributed by atoms with E-state index in [1.807, 2.05) is 18.3 Å². The molecule has 2 aliphatic rings. The van der Waals surface area contributed by atoms with Gasteiger partial charge in [-0.3, -0.25) is 4.98 Å². The molecule has 2 aliphatic heterocycles. The first-order valence-corrected chi connectivity index (χ1v) is 23.2. The largest absolute Gasteiger partial charge is 0.354 e. The minimum Gasteiger partial charge on any atom is -0.354 e. The van der Waals surface area contributed by atoms with Crippen molar-refractivity contribution >= 4 is 62.5 Å². The lowest BCUT2D eigenvalue weighted by Gasteiger charge is -2.05. The van der Waals surface area contributed by atoms with Crippen LogP contribution in [0.5, 0.6) is 0 Å². The van der Waals surface area contributed by atoms with Gasteiger partial charge < -0.3 is 9.97 Å². The Kier molecular flexibility index (Phi) is 7.97. The molecule has 234 valence electrons. The van der Waals surface area contributed by atoms with Crippen LogP contribution in [0.2, 0.25) is 39.3 Å². The molecule has 8 bridgehead atoms. The molecule has 0 amide bonds. The molecule has 0 fully saturated rings. The average Bonchev–Trinajstić information content (AvgIpc) is 3.88. The van der Waals surface area contributed by atoms with E-state index >= 15 is 0 Å². The van der Waals surface area contributed by atoms with Crippen LogP contribution in [0.25, 0.3) is 68.6 Å². The van der Waals surface area contributed by atoms with Crippen molar-refractivity contribution in [3.8, 4) is 45.2 Å². The van der Waals surface area contributed by atoms with Crippen molar-refractivity contribution in [3.63, 3.8) is 0 Å². The zero-order valence-corrected chi connectivity index (χ0v) is 30.2. The van der Waals surface area contributed by atoms with Gasteiger partial charge in [-0.1, -0.05) is 87.5 Å². The first-order chi connectivity index (χ1) is 23.0. The Morgan fingerprint density at radius 1 is 0.500 bits per heavy atom. The van der Waals surface area contributed by atoms with E-state index in [1.165, 1.54) is 0 Å². The summed E-state index contributed by atoms with van der Waals surface area (Å²) in [5, 5.41) is 0. The summed E-state index contributed by atoms with van der Waals surface area (Å²) in [6.45, 7) is 13.6. The van der Waals surface area contributed by atoms with Gasteiger partial charge >= 0.3 is 0 Å². The number of hydrogen-bond acceptors (Lipinski definition) is 3. The number of aromatic amines is 2. The van der Waals surface area contributed by atoms with Crippen LogP contribution in [0.4, 0.5) is 0 Å². The predicted molar refractivity (Wildman–Crippen MR) is 208 cm³/mol. The number of rotatable bonds is 2. The van der Waals surface area contributed by atoms with Gasteiger partial charge in [0.1, 0.15) is 16.1 Å². The summed E-state index contributed by atoms with van der Waals surface area (Å²) in [6.07, 6.45) is 12.0.